The summed E-state index contributed by atoms with van der Waals surface area (Å²) >= 11 is 0. The number of rotatable bonds is 2. The van der Waals surface area contributed by atoms with Gasteiger partial charge in [-0.15, -0.1) is 0 Å². The summed E-state index contributed by atoms with van der Waals surface area (Å²) in [7, 11) is 0. The molecule has 1 unspecified atom stereocenters. The Morgan fingerprint density at radius 3 is 2.18 bits per heavy atom. The molecule has 0 radical (unpaired) electrons. The zero-order valence-electron chi connectivity index (χ0n) is 11.6. The summed E-state index contributed by atoms with van der Waals surface area (Å²) in [6.45, 7) is 9.08. The first-order chi connectivity index (χ1) is 7.81. The van der Waals surface area contributed by atoms with Crippen molar-refractivity contribution in [1.82, 2.24) is 0 Å². The maximum atomic E-state index is 6.60. The predicted octanol–water partition coefficient (Wildman–Crippen LogP) is 3.75. The lowest BCUT2D eigenvalue weighted by molar-refractivity contribution is 0.334. The van der Waals surface area contributed by atoms with Gasteiger partial charge in [-0.2, -0.15) is 0 Å². The van der Waals surface area contributed by atoms with Crippen molar-refractivity contribution in [2.24, 2.45) is 11.1 Å². The molecule has 1 nitrogen and oxygen atoms in total. The normalized spacial score (nSPS) is 27.4. The summed E-state index contributed by atoms with van der Waals surface area (Å²) < 4.78 is 0. The smallest absolute Gasteiger partial charge is 0.0200 e. The predicted molar refractivity (Wildman–Crippen MR) is 74.2 cm³/mol. The molecular weight excluding hydrogens is 206 g/mol. The van der Waals surface area contributed by atoms with Crippen molar-refractivity contribution >= 4 is 0 Å². The maximum absolute atomic E-state index is 6.60. The van der Waals surface area contributed by atoms with Crippen LogP contribution in [0.1, 0.15) is 49.8 Å². The van der Waals surface area contributed by atoms with Gasteiger partial charge in [-0.05, 0) is 61.6 Å². The van der Waals surface area contributed by atoms with Crippen molar-refractivity contribution in [2.45, 2.75) is 58.9 Å². The third-order valence-electron chi connectivity index (χ3n) is 4.30. The van der Waals surface area contributed by atoms with E-state index in [9.17, 15) is 0 Å². The summed E-state index contributed by atoms with van der Waals surface area (Å²) in [5.41, 5.74) is 11.3. The van der Waals surface area contributed by atoms with Crippen LogP contribution in [-0.4, -0.2) is 5.54 Å². The summed E-state index contributed by atoms with van der Waals surface area (Å²) in [4.78, 5) is 0. The quantitative estimate of drug-likeness (QED) is 0.824. The molecule has 1 aliphatic rings. The molecule has 1 fully saturated rings. The maximum Gasteiger partial charge on any atom is 0.0200 e. The Bertz CT molecular complexity index is 399. The van der Waals surface area contributed by atoms with Crippen LogP contribution in [0.5, 0.6) is 0 Å². The minimum Gasteiger partial charge on any atom is -0.325 e. The van der Waals surface area contributed by atoms with E-state index < -0.39 is 0 Å². The van der Waals surface area contributed by atoms with Crippen LogP contribution >= 0.6 is 0 Å². The molecule has 0 amide bonds. The third kappa shape index (κ3) is 2.71. The lowest BCUT2D eigenvalue weighted by Crippen LogP contribution is -2.40. The van der Waals surface area contributed by atoms with Crippen LogP contribution in [0.2, 0.25) is 0 Å². The van der Waals surface area contributed by atoms with Gasteiger partial charge in [0.05, 0.1) is 0 Å². The summed E-state index contributed by atoms with van der Waals surface area (Å²) in [6.07, 6.45) is 4.60. The molecule has 0 aromatic heterocycles. The summed E-state index contributed by atoms with van der Waals surface area (Å²) in [5.74, 6) is 0. The Morgan fingerprint density at radius 2 is 1.71 bits per heavy atom. The van der Waals surface area contributed by atoms with Crippen LogP contribution in [0.25, 0.3) is 0 Å². The van der Waals surface area contributed by atoms with Crippen LogP contribution in [0.3, 0.4) is 0 Å². The average molecular weight is 231 g/mol. The molecule has 1 aromatic carbocycles. The van der Waals surface area contributed by atoms with Gasteiger partial charge in [-0.25, -0.2) is 0 Å². The van der Waals surface area contributed by atoms with E-state index in [1.807, 2.05) is 0 Å². The molecule has 0 heterocycles. The number of hydrogen-bond donors (Lipinski definition) is 1. The van der Waals surface area contributed by atoms with E-state index in [0.29, 0.717) is 5.41 Å². The van der Waals surface area contributed by atoms with Gasteiger partial charge in [0, 0.05) is 5.54 Å². The fraction of sp³-hybridized carbons (Fsp3) is 0.625. The Balaban J connectivity index is 2.22. The highest BCUT2D eigenvalue weighted by molar-refractivity contribution is 5.35. The van der Waals surface area contributed by atoms with Crippen molar-refractivity contribution in [3.63, 3.8) is 0 Å². The number of nitrogens with two attached hydrogens (primary N) is 1. The number of hydrogen-bond acceptors (Lipinski definition) is 1. The molecule has 0 aliphatic heterocycles. The Labute approximate surface area is 105 Å². The minimum absolute atomic E-state index is 0.0143. The monoisotopic (exact) mass is 231 g/mol. The van der Waals surface area contributed by atoms with E-state index in [2.05, 4.69) is 45.9 Å². The topological polar surface area (TPSA) is 26.0 Å². The van der Waals surface area contributed by atoms with E-state index in [0.717, 1.165) is 19.3 Å². The molecule has 2 rings (SSSR count). The zero-order valence-corrected chi connectivity index (χ0v) is 11.6. The van der Waals surface area contributed by atoms with Gasteiger partial charge in [0.1, 0.15) is 0 Å². The lowest BCUT2D eigenvalue weighted by Gasteiger charge is -2.28. The first-order valence-electron chi connectivity index (χ1n) is 6.65. The highest BCUT2D eigenvalue weighted by Crippen LogP contribution is 2.44. The van der Waals surface area contributed by atoms with E-state index in [1.165, 1.54) is 23.1 Å². The lowest BCUT2D eigenvalue weighted by atomic mass is 9.83. The van der Waals surface area contributed by atoms with E-state index in [4.69, 9.17) is 5.73 Å². The fourth-order valence-corrected chi connectivity index (χ4v) is 3.35. The van der Waals surface area contributed by atoms with Gasteiger partial charge in [0.15, 0.2) is 0 Å². The minimum atomic E-state index is 0.0143. The van der Waals surface area contributed by atoms with Crippen molar-refractivity contribution in [3.05, 3.63) is 34.9 Å². The molecule has 17 heavy (non-hydrogen) atoms. The molecule has 1 aliphatic carbocycles. The molecule has 94 valence electrons. The second-order valence-electron chi connectivity index (χ2n) is 6.75. The summed E-state index contributed by atoms with van der Waals surface area (Å²) in [6, 6.07) is 6.54. The van der Waals surface area contributed by atoms with Crippen molar-refractivity contribution < 1.29 is 0 Å². The molecule has 0 bridgehead atoms. The highest BCUT2D eigenvalue weighted by atomic mass is 14.8. The van der Waals surface area contributed by atoms with E-state index >= 15 is 0 Å². The van der Waals surface area contributed by atoms with Crippen molar-refractivity contribution in [1.29, 1.82) is 0 Å². The van der Waals surface area contributed by atoms with Gasteiger partial charge in [-0.3, -0.25) is 0 Å². The van der Waals surface area contributed by atoms with Gasteiger partial charge in [0.25, 0.3) is 0 Å². The molecule has 2 N–H and O–H groups in total. The number of benzene rings is 1. The van der Waals surface area contributed by atoms with Crippen molar-refractivity contribution in [3.8, 4) is 0 Å². The zero-order chi connectivity index (χ0) is 12.7. The molecule has 1 saturated carbocycles. The van der Waals surface area contributed by atoms with Crippen LogP contribution in [0.4, 0.5) is 0 Å². The van der Waals surface area contributed by atoms with E-state index in [1.54, 1.807) is 0 Å². The van der Waals surface area contributed by atoms with Crippen LogP contribution < -0.4 is 5.73 Å². The van der Waals surface area contributed by atoms with Crippen LogP contribution in [0, 0.1) is 19.3 Å². The number of aryl methyl sites for hydroxylation is 2. The largest absolute Gasteiger partial charge is 0.325 e. The van der Waals surface area contributed by atoms with Gasteiger partial charge >= 0.3 is 0 Å². The summed E-state index contributed by atoms with van der Waals surface area (Å²) in [5, 5.41) is 0. The Hall–Kier alpha value is -0.820. The second kappa shape index (κ2) is 4.13. The van der Waals surface area contributed by atoms with Crippen molar-refractivity contribution in [2.75, 3.05) is 0 Å². The second-order valence-corrected chi connectivity index (χ2v) is 6.75. The van der Waals surface area contributed by atoms with Gasteiger partial charge in [0.2, 0.25) is 0 Å². The van der Waals surface area contributed by atoms with Crippen LogP contribution in [0.15, 0.2) is 18.2 Å². The van der Waals surface area contributed by atoms with Gasteiger partial charge < -0.3 is 5.73 Å². The Morgan fingerprint density at radius 1 is 1.12 bits per heavy atom. The van der Waals surface area contributed by atoms with E-state index in [-0.39, 0.29) is 5.54 Å². The molecule has 0 saturated heterocycles. The molecule has 1 aromatic rings. The van der Waals surface area contributed by atoms with Gasteiger partial charge in [-0.1, -0.05) is 32.0 Å². The Kier molecular flexibility index (Phi) is 3.07. The molecule has 1 heteroatoms. The first kappa shape index (κ1) is 12.6. The first-order valence-corrected chi connectivity index (χ1v) is 6.65. The third-order valence-corrected chi connectivity index (χ3v) is 4.30. The van der Waals surface area contributed by atoms with Crippen LogP contribution in [-0.2, 0) is 6.42 Å². The molecular formula is C16H25N. The average Bonchev–Trinajstić information content (AvgIpc) is 2.48. The SMILES string of the molecule is Cc1cccc(C)c1CC1(N)CCC(C)(C)C1. The fourth-order valence-electron chi connectivity index (χ4n) is 3.35. The molecule has 1 atom stereocenters. The molecule has 0 spiro atoms. The standard InChI is InChI=1S/C16H25N/c1-12-6-5-7-13(2)14(12)10-16(17)9-8-15(3,4)11-16/h5-7H,8-11,17H2,1-4H3. The highest BCUT2D eigenvalue weighted by Gasteiger charge is 2.40.